The van der Waals surface area contributed by atoms with Crippen LogP contribution in [0, 0.1) is 12.7 Å². The van der Waals surface area contributed by atoms with Gasteiger partial charge in [0, 0.05) is 44.1 Å². The van der Waals surface area contributed by atoms with Crippen molar-refractivity contribution in [3.63, 3.8) is 0 Å². The molecule has 0 atom stereocenters. The van der Waals surface area contributed by atoms with E-state index in [0.717, 1.165) is 28.3 Å². The number of aryl methyl sites for hydroxylation is 2. The number of hydrogen-bond donors (Lipinski definition) is 0. The fraction of sp³-hybridized carbons (Fsp3) is 0.500. The van der Waals surface area contributed by atoms with Crippen LogP contribution in [-0.2, 0) is 23.1 Å². The summed E-state index contributed by atoms with van der Waals surface area (Å²) in [5, 5.41) is 4.33. The number of hydrogen-bond acceptors (Lipinski definition) is 4. The van der Waals surface area contributed by atoms with Crippen LogP contribution in [0.1, 0.15) is 24.1 Å². The quantitative estimate of drug-likeness (QED) is 0.784. The Morgan fingerprint density at radius 1 is 1.17 bits per heavy atom. The van der Waals surface area contributed by atoms with E-state index in [-0.39, 0.29) is 12.2 Å². The molecular formula is C20H23F3N4O2. The van der Waals surface area contributed by atoms with Gasteiger partial charge in [0.2, 0.25) is 0 Å². The predicted molar refractivity (Wildman–Crippen MR) is 100.0 cm³/mol. The molecule has 1 aromatic carbocycles. The third-order valence-corrected chi connectivity index (χ3v) is 5.70. The molecular weight excluding hydrogens is 385 g/mol. The van der Waals surface area contributed by atoms with Crippen molar-refractivity contribution in [2.24, 2.45) is 7.05 Å². The molecule has 0 radical (unpaired) electrons. The van der Waals surface area contributed by atoms with E-state index in [1.807, 2.05) is 20.2 Å². The first kappa shape index (κ1) is 19.9. The van der Waals surface area contributed by atoms with E-state index in [9.17, 15) is 18.0 Å². The van der Waals surface area contributed by atoms with E-state index in [0.29, 0.717) is 32.5 Å². The summed E-state index contributed by atoms with van der Waals surface area (Å²) in [5.74, 6) is -1.90. The van der Waals surface area contributed by atoms with Gasteiger partial charge in [0.15, 0.2) is 0 Å². The maximum Gasteiger partial charge on any atom is 0.437 e. The van der Waals surface area contributed by atoms with Crippen molar-refractivity contribution in [3.8, 4) is 0 Å². The van der Waals surface area contributed by atoms with Crippen molar-refractivity contribution in [1.29, 1.82) is 0 Å². The van der Waals surface area contributed by atoms with Gasteiger partial charge in [-0.1, -0.05) is 0 Å². The van der Waals surface area contributed by atoms with Crippen LogP contribution in [0.4, 0.5) is 18.9 Å². The Morgan fingerprint density at radius 2 is 1.83 bits per heavy atom. The van der Waals surface area contributed by atoms with Gasteiger partial charge in [-0.3, -0.25) is 14.4 Å². The number of aromatic nitrogens is 2. The number of ether oxygens (including phenoxy) is 1. The van der Waals surface area contributed by atoms with Crippen LogP contribution in [0.5, 0.6) is 0 Å². The molecule has 3 heterocycles. The molecule has 1 amide bonds. The zero-order chi connectivity index (χ0) is 20.8. The molecule has 0 N–H and O–H groups in total. The Bertz CT molecular complexity index is 905. The summed E-state index contributed by atoms with van der Waals surface area (Å²) in [5.41, 5.74) is 1.15. The first-order valence-corrected chi connectivity index (χ1v) is 9.54. The molecule has 6 nitrogen and oxygen atoms in total. The molecule has 29 heavy (non-hydrogen) atoms. The zero-order valence-electron chi connectivity index (χ0n) is 16.4. The van der Waals surface area contributed by atoms with Crippen LogP contribution in [-0.4, -0.2) is 51.9 Å². The lowest BCUT2D eigenvalue weighted by atomic mass is 9.88. The minimum atomic E-state index is -3.91. The second kappa shape index (κ2) is 7.14. The number of alkyl halides is 2. The summed E-state index contributed by atoms with van der Waals surface area (Å²) in [6.07, 6.45) is -1.21. The maximum absolute atomic E-state index is 14.4. The van der Waals surface area contributed by atoms with Gasteiger partial charge >= 0.3 is 12.0 Å². The third kappa shape index (κ3) is 3.89. The first-order valence-electron chi connectivity index (χ1n) is 9.54. The molecule has 2 fully saturated rings. The highest BCUT2D eigenvalue weighted by molar-refractivity contribution is 5.98. The Balaban J connectivity index is 1.49. The lowest BCUT2D eigenvalue weighted by Gasteiger charge is -2.48. The molecule has 2 aliphatic heterocycles. The molecule has 1 aromatic heterocycles. The molecule has 4 rings (SSSR count). The summed E-state index contributed by atoms with van der Waals surface area (Å²) in [4.78, 5) is 15.4. The van der Waals surface area contributed by atoms with Gasteiger partial charge in [-0.25, -0.2) is 4.39 Å². The Morgan fingerprint density at radius 3 is 2.41 bits per heavy atom. The average molecular weight is 408 g/mol. The lowest BCUT2D eigenvalue weighted by molar-refractivity contribution is -0.293. The number of anilines is 1. The van der Waals surface area contributed by atoms with Gasteiger partial charge in [-0.05, 0) is 44.0 Å². The topological polar surface area (TPSA) is 50.6 Å². The maximum atomic E-state index is 14.4. The number of carbonyl (C=O) groups excluding carboxylic acids is 1. The molecule has 2 saturated heterocycles. The van der Waals surface area contributed by atoms with Crippen molar-refractivity contribution < 1.29 is 22.7 Å². The highest BCUT2D eigenvalue weighted by atomic mass is 19.3. The van der Waals surface area contributed by atoms with Crippen LogP contribution in [0.15, 0.2) is 30.5 Å². The van der Waals surface area contributed by atoms with E-state index in [4.69, 9.17) is 4.74 Å². The predicted octanol–water partition coefficient (Wildman–Crippen LogP) is 2.86. The average Bonchev–Trinajstić information content (AvgIpc) is 2.98. The molecule has 2 aliphatic rings. The van der Waals surface area contributed by atoms with Crippen LogP contribution in [0.2, 0.25) is 0 Å². The molecule has 1 spiro atoms. The molecule has 9 heteroatoms. The van der Waals surface area contributed by atoms with Crippen molar-refractivity contribution in [1.82, 2.24) is 14.7 Å². The molecule has 0 aliphatic carbocycles. The van der Waals surface area contributed by atoms with Gasteiger partial charge in [-0.2, -0.15) is 13.9 Å². The second-order valence-corrected chi connectivity index (χ2v) is 7.86. The van der Waals surface area contributed by atoms with E-state index < -0.39 is 23.4 Å². The van der Waals surface area contributed by atoms with Crippen molar-refractivity contribution in [3.05, 3.63) is 47.5 Å². The summed E-state index contributed by atoms with van der Waals surface area (Å²) in [6, 6.07) is 4.98. The SMILES string of the molecule is Cc1nn(C)cc1CN1CCC2(CC1)CN(c1ccc(F)cc1)C(=O)C(F)(F)O2. The minimum absolute atomic E-state index is 0.0207. The number of likely N-dealkylation sites (tertiary alicyclic amines) is 1. The molecule has 0 bridgehead atoms. The summed E-state index contributed by atoms with van der Waals surface area (Å²) in [6.45, 7) is 3.78. The highest BCUT2D eigenvalue weighted by Gasteiger charge is 2.57. The van der Waals surface area contributed by atoms with Gasteiger partial charge in [-0.15, -0.1) is 0 Å². The smallest absolute Gasteiger partial charge is 0.304 e. The van der Waals surface area contributed by atoms with E-state index >= 15 is 0 Å². The summed E-state index contributed by atoms with van der Waals surface area (Å²) in [7, 11) is 1.86. The van der Waals surface area contributed by atoms with Gasteiger partial charge in [0.1, 0.15) is 5.82 Å². The number of amides is 1. The number of carbonyl (C=O) groups is 1. The van der Waals surface area contributed by atoms with E-state index in [1.165, 1.54) is 12.1 Å². The highest BCUT2D eigenvalue weighted by Crippen LogP contribution is 2.40. The van der Waals surface area contributed by atoms with E-state index in [1.54, 1.807) is 4.68 Å². The molecule has 156 valence electrons. The second-order valence-electron chi connectivity index (χ2n) is 7.86. The normalized spacial score (nSPS) is 21.7. The minimum Gasteiger partial charge on any atom is -0.304 e. The molecule has 0 saturated carbocycles. The van der Waals surface area contributed by atoms with Crippen LogP contribution in [0.25, 0.3) is 0 Å². The number of benzene rings is 1. The number of piperidine rings is 1. The summed E-state index contributed by atoms with van der Waals surface area (Å²) >= 11 is 0. The van der Waals surface area contributed by atoms with Crippen molar-refractivity contribution >= 4 is 11.6 Å². The Hall–Kier alpha value is -2.39. The standard InChI is InChI=1S/C20H23F3N4O2/c1-14-15(11-25(2)24-14)12-26-9-7-19(8-10-26)13-27(18(28)20(22,23)29-19)17-5-3-16(21)4-6-17/h3-6,11H,7-10,12-13H2,1-2H3. The fourth-order valence-corrected chi connectivity index (χ4v) is 4.12. The largest absolute Gasteiger partial charge is 0.437 e. The van der Waals surface area contributed by atoms with Crippen LogP contribution >= 0.6 is 0 Å². The van der Waals surface area contributed by atoms with Crippen molar-refractivity contribution in [2.45, 2.75) is 38.0 Å². The lowest BCUT2D eigenvalue weighted by Crippen LogP contribution is -2.64. The van der Waals surface area contributed by atoms with Crippen LogP contribution < -0.4 is 4.90 Å². The fourth-order valence-electron chi connectivity index (χ4n) is 4.12. The Labute approximate surface area is 166 Å². The van der Waals surface area contributed by atoms with E-state index in [2.05, 4.69) is 10.00 Å². The first-order chi connectivity index (χ1) is 13.7. The number of rotatable bonds is 3. The van der Waals surface area contributed by atoms with Gasteiger partial charge in [0.25, 0.3) is 0 Å². The zero-order valence-corrected chi connectivity index (χ0v) is 16.4. The molecule has 2 aromatic rings. The molecule has 0 unspecified atom stereocenters. The van der Waals surface area contributed by atoms with Gasteiger partial charge in [0.05, 0.1) is 17.8 Å². The van der Waals surface area contributed by atoms with Gasteiger partial charge < -0.3 is 9.64 Å². The van der Waals surface area contributed by atoms with Crippen molar-refractivity contribution in [2.75, 3.05) is 24.5 Å². The van der Waals surface area contributed by atoms with Crippen LogP contribution in [0.3, 0.4) is 0 Å². The number of morpholine rings is 1. The third-order valence-electron chi connectivity index (χ3n) is 5.70. The Kier molecular flexibility index (Phi) is 4.90. The number of halogens is 3. The monoisotopic (exact) mass is 408 g/mol. The summed E-state index contributed by atoms with van der Waals surface area (Å²) < 4.78 is 48.9. The number of nitrogens with zero attached hydrogens (tertiary/aromatic N) is 4.